The molecule has 0 aliphatic rings. The van der Waals surface area contributed by atoms with Gasteiger partial charge in [-0.25, -0.2) is 0 Å². The third-order valence-corrected chi connectivity index (χ3v) is 9.01. The van der Waals surface area contributed by atoms with E-state index in [9.17, 15) is 0 Å². The number of nitrogens with zero attached hydrogens (tertiary/aromatic N) is 2. The van der Waals surface area contributed by atoms with Crippen LogP contribution in [0.25, 0.3) is 0 Å². The zero-order valence-electron chi connectivity index (χ0n) is 21.3. The van der Waals surface area contributed by atoms with Gasteiger partial charge in [-0.1, -0.05) is 121 Å². The van der Waals surface area contributed by atoms with Gasteiger partial charge in [0.1, 0.15) is 0 Å². The molecule has 0 saturated heterocycles. The van der Waals surface area contributed by atoms with Crippen LogP contribution in [0.4, 0.5) is 0 Å². The summed E-state index contributed by atoms with van der Waals surface area (Å²) >= 11 is 0. The molecule has 0 N–H and O–H groups in total. The molecule has 4 rings (SSSR count). The molecule has 1 unspecified atom stereocenters. The van der Waals surface area contributed by atoms with Gasteiger partial charge in [-0.2, -0.15) is 0 Å². The van der Waals surface area contributed by atoms with Gasteiger partial charge in [0.05, 0.1) is 6.17 Å². The van der Waals surface area contributed by atoms with Gasteiger partial charge in [0.2, 0.25) is 0 Å². The zero-order valence-corrected chi connectivity index (χ0v) is 22.2. The van der Waals surface area contributed by atoms with E-state index in [0.717, 1.165) is 6.54 Å². The minimum atomic E-state index is -0.757. The van der Waals surface area contributed by atoms with E-state index in [1.165, 1.54) is 21.7 Å². The lowest BCUT2D eigenvalue weighted by Gasteiger charge is -2.47. The third kappa shape index (κ3) is 6.27. The van der Waals surface area contributed by atoms with Crippen molar-refractivity contribution in [3.63, 3.8) is 0 Å². The summed E-state index contributed by atoms with van der Waals surface area (Å²) in [6.45, 7) is 10.2. The monoisotopic (exact) mass is 480 g/mol. The van der Waals surface area contributed by atoms with E-state index in [1.54, 1.807) is 0 Å². The van der Waals surface area contributed by atoms with Crippen LogP contribution in [0.5, 0.6) is 0 Å². The average Bonchev–Trinajstić information content (AvgIpc) is 2.90. The predicted molar refractivity (Wildman–Crippen MR) is 152 cm³/mol. The molecule has 35 heavy (non-hydrogen) atoms. The molecular formula is C32H37N2P. The van der Waals surface area contributed by atoms with Crippen molar-refractivity contribution in [1.82, 2.24) is 9.57 Å². The Hall–Kier alpha value is -2.77. The number of hydrogen-bond acceptors (Lipinski definition) is 2. The lowest BCUT2D eigenvalue weighted by atomic mass is 10.1. The Bertz CT molecular complexity index is 1090. The summed E-state index contributed by atoms with van der Waals surface area (Å²) in [6, 6.07) is 44.8. The first-order valence-electron chi connectivity index (χ1n) is 12.6. The molecule has 0 saturated carbocycles. The first kappa shape index (κ1) is 25.3. The topological polar surface area (TPSA) is 6.48 Å². The summed E-state index contributed by atoms with van der Waals surface area (Å²) in [5, 5.41) is 2.76. The minimum Gasteiger partial charge on any atom is -0.277 e. The van der Waals surface area contributed by atoms with Crippen molar-refractivity contribution < 1.29 is 0 Å². The van der Waals surface area contributed by atoms with E-state index < -0.39 is 8.07 Å². The second-order valence-electron chi connectivity index (χ2n) is 9.49. The second kappa shape index (κ2) is 12.3. The van der Waals surface area contributed by atoms with Crippen molar-refractivity contribution in [2.75, 3.05) is 0 Å². The molecule has 0 aliphatic carbocycles. The summed E-state index contributed by atoms with van der Waals surface area (Å²) in [6.07, 6.45) is 0.128. The highest BCUT2D eigenvalue weighted by molar-refractivity contribution is 7.70. The maximum absolute atomic E-state index is 2.76. The van der Waals surface area contributed by atoms with Crippen LogP contribution >= 0.6 is 8.07 Å². The van der Waals surface area contributed by atoms with Crippen molar-refractivity contribution in [1.29, 1.82) is 0 Å². The first-order chi connectivity index (χ1) is 17.1. The highest BCUT2D eigenvalue weighted by Crippen LogP contribution is 2.48. The molecule has 180 valence electrons. The molecule has 0 radical (unpaired) electrons. The molecule has 1 atom stereocenters. The highest BCUT2D eigenvalue weighted by Gasteiger charge is 2.36. The van der Waals surface area contributed by atoms with Crippen molar-refractivity contribution in [2.45, 2.75) is 52.5 Å². The smallest absolute Gasteiger partial charge is 0.0931 e. The summed E-state index contributed by atoms with van der Waals surface area (Å²) in [4.78, 5) is 2.66. The van der Waals surface area contributed by atoms with E-state index in [0.29, 0.717) is 12.1 Å². The average molecular weight is 481 g/mol. The van der Waals surface area contributed by atoms with Crippen LogP contribution in [0.3, 0.4) is 0 Å². The summed E-state index contributed by atoms with van der Waals surface area (Å²) in [7, 11) is -0.757. The Morgan fingerprint density at radius 2 is 0.971 bits per heavy atom. The Morgan fingerprint density at radius 1 is 0.543 bits per heavy atom. The molecule has 2 nitrogen and oxygen atoms in total. The van der Waals surface area contributed by atoms with Crippen LogP contribution in [0.2, 0.25) is 0 Å². The van der Waals surface area contributed by atoms with Gasteiger partial charge < -0.3 is 0 Å². The molecule has 4 aromatic rings. The molecule has 0 spiro atoms. The molecule has 0 heterocycles. The zero-order chi connectivity index (χ0) is 24.6. The van der Waals surface area contributed by atoms with Gasteiger partial charge in [0.25, 0.3) is 0 Å². The lowest BCUT2D eigenvalue weighted by molar-refractivity contribution is 0.0519. The summed E-state index contributed by atoms with van der Waals surface area (Å²) in [5.74, 6) is 0. The fourth-order valence-corrected chi connectivity index (χ4v) is 7.33. The van der Waals surface area contributed by atoms with Gasteiger partial charge in [-0.3, -0.25) is 9.57 Å². The quantitative estimate of drug-likeness (QED) is 0.173. The maximum Gasteiger partial charge on any atom is 0.0931 e. The Balaban J connectivity index is 1.89. The fourth-order valence-electron chi connectivity index (χ4n) is 4.64. The largest absolute Gasteiger partial charge is 0.277 e. The molecule has 0 bridgehead atoms. The van der Waals surface area contributed by atoms with Gasteiger partial charge >= 0.3 is 0 Å². The van der Waals surface area contributed by atoms with E-state index in [1.807, 2.05) is 0 Å². The highest BCUT2D eigenvalue weighted by atomic mass is 31.1. The molecule has 0 amide bonds. The number of benzene rings is 4. The molecular weight excluding hydrogens is 443 g/mol. The number of hydrogen-bond donors (Lipinski definition) is 0. The van der Waals surface area contributed by atoms with Crippen LogP contribution in [0.1, 0.15) is 45.0 Å². The van der Waals surface area contributed by atoms with E-state index >= 15 is 0 Å². The van der Waals surface area contributed by atoms with Crippen LogP contribution < -0.4 is 10.6 Å². The molecule has 3 heteroatoms. The van der Waals surface area contributed by atoms with Crippen molar-refractivity contribution >= 4 is 18.7 Å². The summed E-state index contributed by atoms with van der Waals surface area (Å²) in [5.41, 5.74) is 2.68. The van der Waals surface area contributed by atoms with Crippen LogP contribution in [0.15, 0.2) is 121 Å². The van der Waals surface area contributed by atoms with Gasteiger partial charge in [0.15, 0.2) is 0 Å². The summed E-state index contributed by atoms with van der Waals surface area (Å²) < 4.78 is 2.76. The Morgan fingerprint density at radius 3 is 1.40 bits per heavy atom. The normalized spacial score (nSPS) is 12.7. The third-order valence-electron chi connectivity index (χ3n) is 6.30. The van der Waals surface area contributed by atoms with Crippen molar-refractivity contribution in [3.05, 3.63) is 132 Å². The Labute approximate surface area is 213 Å². The van der Waals surface area contributed by atoms with Gasteiger partial charge in [-0.15, -0.1) is 0 Å². The van der Waals surface area contributed by atoms with Gasteiger partial charge in [-0.05, 0) is 49.4 Å². The maximum atomic E-state index is 2.76. The number of rotatable bonds is 10. The molecule has 0 fully saturated rings. The second-order valence-corrected chi connectivity index (χ2v) is 11.6. The fraction of sp³-hybridized carbons (Fsp3) is 0.250. The standard InChI is InChI=1S/C32H37N2P/c1-26(2)33(25-28-17-9-5-10-18-28)32(29-19-11-6-12-20-29)34(27(3)4)35(30-21-13-7-14-22-30)31-23-15-8-16-24-31/h5-24,26-27,32H,25H2,1-4H3. The van der Waals surface area contributed by atoms with Crippen molar-refractivity contribution in [3.8, 4) is 0 Å². The predicted octanol–water partition coefficient (Wildman–Crippen LogP) is 7.35. The van der Waals surface area contributed by atoms with Crippen molar-refractivity contribution in [2.24, 2.45) is 0 Å². The first-order valence-corrected chi connectivity index (χ1v) is 13.9. The minimum absolute atomic E-state index is 0.128. The van der Waals surface area contributed by atoms with E-state index in [4.69, 9.17) is 0 Å². The molecule has 0 aromatic heterocycles. The van der Waals surface area contributed by atoms with Crippen LogP contribution in [-0.4, -0.2) is 21.7 Å². The SMILES string of the molecule is CC(C)N(Cc1ccccc1)C(c1ccccc1)N(C(C)C)P(c1ccccc1)c1ccccc1. The Kier molecular flexibility index (Phi) is 8.88. The molecule has 4 aromatic carbocycles. The van der Waals surface area contributed by atoms with E-state index in [2.05, 4.69) is 159 Å². The molecule has 0 aliphatic heterocycles. The lowest BCUT2D eigenvalue weighted by Crippen LogP contribution is -2.47. The van der Waals surface area contributed by atoms with E-state index in [-0.39, 0.29) is 6.17 Å². The van der Waals surface area contributed by atoms with Gasteiger partial charge in [0, 0.05) is 26.7 Å². The van der Waals surface area contributed by atoms with Crippen LogP contribution in [0, 0.1) is 0 Å². The van der Waals surface area contributed by atoms with Crippen LogP contribution in [-0.2, 0) is 6.54 Å².